The zero-order chi connectivity index (χ0) is 10.8. The Labute approximate surface area is 87.9 Å². The summed E-state index contributed by atoms with van der Waals surface area (Å²) in [4.78, 5) is 0. The van der Waals surface area contributed by atoms with Gasteiger partial charge < -0.3 is 5.32 Å². The van der Waals surface area contributed by atoms with E-state index < -0.39 is 0 Å². The Morgan fingerprint density at radius 3 is 2.36 bits per heavy atom. The maximum absolute atomic E-state index is 3.77. The molecular weight excluding hydrogens is 170 g/mol. The summed E-state index contributed by atoms with van der Waals surface area (Å²) >= 11 is 0. The van der Waals surface area contributed by atoms with Crippen molar-refractivity contribution in [3.8, 4) is 0 Å². The van der Waals surface area contributed by atoms with Gasteiger partial charge in [0.1, 0.15) is 0 Å². The minimum atomic E-state index is 1.15. The van der Waals surface area contributed by atoms with Crippen molar-refractivity contribution < 1.29 is 0 Å². The van der Waals surface area contributed by atoms with E-state index in [2.05, 4.69) is 43.1 Å². The molecule has 14 heavy (non-hydrogen) atoms. The fourth-order valence-electron chi connectivity index (χ4n) is 1.23. The van der Waals surface area contributed by atoms with Crippen LogP contribution in [0.25, 0.3) is 6.08 Å². The van der Waals surface area contributed by atoms with Crippen molar-refractivity contribution >= 4 is 6.08 Å². The van der Waals surface area contributed by atoms with E-state index in [0.717, 1.165) is 6.42 Å². The standard InChI is InChI=1S/C11H14.C2H7N/c1-3-7-11-9-6-5-8-10(11)4-2;1-3-2/h4-6,8-9H,2-3,7H2,1H3;3H,1-2H3. The van der Waals surface area contributed by atoms with Gasteiger partial charge in [-0.1, -0.05) is 50.3 Å². The lowest BCUT2D eigenvalue weighted by atomic mass is 10.0. The molecule has 1 heteroatoms. The minimum absolute atomic E-state index is 1.15. The quantitative estimate of drug-likeness (QED) is 0.774. The van der Waals surface area contributed by atoms with E-state index >= 15 is 0 Å². The maximum Gasteiger partial charge on any atom is -0.0167 e. The molecule has 0 saturated heterocycles. The molecule has 0 aliphatic heterocycles. The number of hydrogen-bond acceptors (Lipinski definition) is 1. The summed E-state index contributed by atoms with van der Waals surface area (Å²) < 4.78 is 0. The molecule has 1 aromatic rings. The zero-order valence-corrected chi connectivity index (χ0v) is 9.51. The average Bonchev–Trinajstić information content (AvgIpc) is 2.20. The monoisotopic (exact) mass is 191 g/mol. The van der Waals surface area contributed by atoms with E-state index in [1.165, 1.54) is 17.5 Å². The SMILES string of the molecule is C=Cc1ccccc1CCC.CNC. The Bertz CT molecular complexity index is 253. The van der Waals surface area contributed by atoms with Gasteiger partial charge in [-0.2, -0.15) is 0 Å². The normalized spacial score (nSPS) is 8.79. The summed E-state index contributed by atoms with van der Waals surface area (Å²) in [6.45, 7) is 5.97. The second-order valence-electron chi connectivity index (χ2n) is 3.15. The fraction of sp³-hybridized carbons (Fsp3) is 0.385. The third kappa shape index (κ3) is 4.83. The molecule has 0 radical (unpaired) electrons. The predicted octanol–water partition coefficient (Wildman–Crippen LogP) is 3.12. The number of rotatable bonds is 3. The maximum atomic E-state index is 3.77. The Hall–Kier alpha value is -1.08. The molecule has 1 N–H and O–H groups in total. The van der Waals surface area contributed by atoms with Gasteiger partial charge in [-0.3, -0.25) is 0 Å². The van der Waals surface area contributed by atoms with Crippen LogP contribution in [0.4, 0.5) is 0 Å². The highest BCUT2D eigenvalue weighted by Gasteiger charge is 1.94. The van der Waals surface area contributed by atoms with Crippen LogP contribution in [0, 0.1) is 0 Å². The first kappa shape index (κ1) is 12.9. The number of aryl methyl sites for hydroxylation is 1. The molecule has 0 aromatic heterocycles. The van der Waals surface area contributed by atoms with Crippen molar-refractivity contribution in [1.82, 2.24) is 5.32 Å². The Morgan fingerprint density at radius 1 is 1.29 bits per heavy atom. The van der Waals surface area contributed by atoms with Crippen LogP contribution < -0.4 is 5.32 Å². The molecule has 1 rings (SSSR count). The lowest BCUT2D eigenvalue weighted by molar-refractivity contribution is 0.919. The molecule has 0 fully saturated rings. The highest BCUT2D eigenvalue weighted by atomic mass is 14.7. The van der Waals surface area contributed by atoms with Gasteiger partial charge in [0.15, 0.2) is 0 Å². The Morgan fingerprint density at radius 2 is 1.86 bits per heavy atom. The van der Waals surface area contributed by atoms with Crippen molar-refractivity contribution in [3.05, 3.63) is 42.0 Å². The average molecular weight is 191 g/mol. The third-order valence-electron chi connectivity index (χ3n) is 1.79. The summed E-state index contributed by atoms with van der Waals surface area (Å²) in [6, 6.07) is 8.41. The van der Waals surface area contributed by atoms with Gasteiger partial charge in [0, 0.05) is 0 Å². The molecule has 0 atom stereocenters. The van der Waals surface area contributed by atoms with Gasteiger partial charge in [0.05, 0.1) is 0 Å². The van der Waals surface area contributed by atoms with Crippen LogP contribution in [0.3, 0.4) is 0 Å². The molecule has 0 spiro atoms. The highest BCUT2D eigenvalue weighted by Crippen LogP contribution is 2.11. The molecule has 1 aromatic carbocycles. The van der Waals surface area contributed by atoms with Crippen LogP contribution in [0.2, 0.25) is 0 Å². The number of hydrogen-bond donors (Lipinski definition) is 1. The molecule has 0 aliphatic rings. The molecule has 0 unspecified atom stereocenters. The zero-order valence-electron chi connectivity index (χ0n) is 9.51. The fourth-order valence-corrected chi connectivity index (χ4v) is 1.23. The largest absolute Gasteiger partial charge is 0.323 e. The van der Waals surface area contributed by atoms with E-state index in [1.807, 2.05) is 20.2 Å². The molecule has 0 heterocycles. The molecule has 0 saturated carbocycles. The summed E-state index contributed by atoms with van der Waals surface area (Å²) in [5, 5.41) is 2.75. The summed E-state index contributed by atoms with van der Waals surface area (Å²) in [5.74, 6) is 0. The second kappa shape index (κ2) is 8.52. The van der Waals surface area contributed by atoms with Crippen molar-refractivity contribution in [2.45, 2.75) is 19.8 Å². The smallest absolute Gasteiger partial charge is 0.0167 e. The van der Waals surface area contributed by atoms with Gasteiger partial charge in [0.2, 0.25) is 0 Å². The second-order valence-corrected chi connectivity index (χ2v) is 3.15. The summed E-state index contributed by atoms with van der Waals surface area (Å²) in [6.07, 6.45) is 4.28. The lowest BCUT2D eigenvalue weighted by Gasteiger charge is -2.02. The summed E-state index contributed by atoms with van der Waals surface area (Å²) in [7, 11) is 3.75. The lowest BCUT2D eigenvalue weighted by Crippen LogP contribution is -1.89. The van der Waals surface area contributed by atoms with Crippen LogP contribution in [0.1, 0.15) is 24.5 Å². The van der Waals surface area contributed by atoms with Crippen molar-refractivity contribution in [3.63, 3.8) is 0 Å². The third-order valence-corrected chi connectivity index (χ3v) is 1.79. The Kier molecular flexibility index (Phi) is 7.86. The van der Waals surface area contributed by atoms with Crippen LogP contribution in [-0.2, 0) is 6.42 Å². The van der Waals surface area contributed by atoms with Gasteiger partial charge in [-0.15, -0.1) is 0 Å². The first-order chi connectivity index (χ1) is 6.79. The van der Waals surface area contributed by atoms with Crippen LogP contribution in [-0.4, -0.2) is 14.1 Å². The van der Waals surface area contributed by atoms with Gasteiger partial charge >= 0.3 is 0 Å². The van der Waals surface area contributed by atoms with Crippen LogP contribution in [0.15, 0.2) is 30.8 Å². The van der Waals surface area contributed by atoms with Gasteiger partial charge in [0.25, 0.3) is 0 Å². The van der Waals surface area contributed by atoms with Crippen molar-refractivity contribution in [1.29, 1.82) is 0 Å². The first-order valence-corrected chi connectivity index (χ1v) is 5.08. The van der Waals surface area contributed by atoms with E-state index in [-0.39, 0.29) is 0 Å². The molecule has 0 bridgehead atoms. The first-order valence-electron chi connectivity index (χ1n) is 5.08. The van der Waals surface area contributed by atoms with Crippen LogP contribution in [0.5, 0.6) is 0 Å². The number of benzene rings is 1. The van der Waals surface area contributed by atoms with Crippen molar-refractivity contribution in [2.75, 3.05) is 14.1 Å². The predicted molar refractivity (Wildman–Crippen MR) is 65.5 cm³/mol. The van der Waals surface area contributed by atoms with E-state index in [0.29, 0.717) is 0 Å². The summed E-state index contributed by atoms with van der Waals surface area (Å²) in [5.41, 5.74) is 2.68. The van der Waals surface area contributed by atoms with Crippen molar-refractivity contribution in [2.24, 2.45) is 0 Å². The minimum Gasteiger partial charge on any atom is -0.323 e. The molecule has 78 valence electrons. The van der Waals surface area contributed by atoms with Gasteiger partial charge in [-0.05, 0) is 31.6 Å². The van der Waals surface area contributed by atoms with E-state index in [9.17, 15) is 0 Å². The topological polar surface area (TPSA) is 12.0 Å². The Balaban J connectivity index is 0.000000500. The molecule has 0 aliphatic carbocycles. The highest BCUT2D eigenvalue weighted by molar-refractivity contribution is 5.51. The van der Waals surface area contributed by atoms with E-state index in [4.69, 9.17) is 0 Å². The molecule has 1 nitrogen and oxygen atoms in total. The molecule has 0 amide bonds. The number of nitrogens with one attached hydrogen (secondary N) is 1. The van der Waals surface area contributed by atoms with E-state index in [1.54, 1.807) is 0 Å². The van der Waals surface area contributed by atoms with Crippen LogP contribution >= 0.6 is 0 Å². The van der Waals surface area contributed by atoms with Gasteiger partial charge in [-0.25, -0.2) is 0 Å². The molecular formula is C13H21N.